The molecular formula is C16H20N2O2S. The lowest BCUT2D eigenvalue weighted by atomic mass is 10.2. The Morgan fingerprint density at radius 2 is 2.05 bits per heavy atom. The molecule has 0 atom stereocenters. The first-order valence-electron chi connectivity index (χ1n) is 6.91. The number of nitrogens with zero attached hydrogens (tertiary/aromatic N) is 1. The molecule has 2 rings (SSSR count). The molecule has 1 aromatic heterocycles. The zero-order valence-corrected chi connectivity index (χ0v) is 12.9. The number of ether oxygens (including phenoxy) is 1. The van der Waals surface area contributed by atoms with Crippen molar-refractivity contribution in [2.75, 3.05) is 18.6 Å². The van der Waals surface area contributed by atoms with E-state index in [-0.39, 0.29) is 5.91 Å². The van der Waals surface area contributed by atoms with Crippen molar-refractivity contribution in [2.24, 2.45) is 5.73 Å². The minimum absolute atomic E-state index is 0.0963. The molecule has 0 aliphatic rings. The number of hydrogen-bond acceptors (Lipinski definition) is 4. The minimum Gasteiger partial charge on any atom is -0.497 e. The number of anilines is 1. The molecule has 0 bridgehead atoms. The predicted molar refractivity (Wildman–Crippen MR) is 86.8 cm³/mol. The lowest BCUT2D eigenvalue weighted by molar-refractivity contribution is -0.118. The zero-order valence-electron chi connectivity index (χ0n) is 12.1. The van der Waals surface area contributed by atoms with Gasteiger partial charge in [0.25, 0.3) is 0 Å². The van der Waals surface area contributed by atoms with Gasteiger partial charge in [-0.05, 0) is 48.7 Å². The normalized spacial score (nSPS) is 10.4. The van der Waals surface area contributed by atoms with E-state index >= 15 is 0 Å². The lowest BCUT2D eigenvalue weighted by Crippen LogP contribution is -2.30. The summed E-state index contributed by atoms with van der Waals surface area (Å²) in [6, 6.07) is 11.6. The molecule has 1 aromatic carbocycles. The van der Waals surface area contributed by atoms with Crippen molar-refractivity contribution in [2.45, 2.75) is 19.4 Å². The van der Waals surface area contributed by atoms with Gasteiger partial charge in [-0.15, -0.1) is 11.3 Å². The van der Waals surface area contributed by atoms with Crippen molar-refractivity contribution in [1.29, 1.82) is 0 Å². The van der Waals surface area contributed by atoms with Crippen LogP contribution in [0, 0.1) is 0 Å². The van der Waals surface area contributed by atoms with Crippen LogP contribution in [0.4, 0.5) is 5.69 Å². The lowest BCUT2D eigenvalue weighted by Gasteiger charge is -2.22. The van der Waals surface area contributed by atoms with E-state index in [4.69, 9.17) is 10.5 Å². The smallest absolute Gasteiger partial charge is 0.227 e. The maximum atomic E-state index is 12.4. The number of rotatable bonds is 7. The summed E-state index contributed by atoms with van der Waals surface area (Å²) in [6.07, 6.45) is 1.17. The average molecular weight is 304 g/mol. The van der Waals surface area contributed by atoms with Gasteiger partial charge in [0.15, 0.2) is 0 Å². The Kier molecular flexibility index (Phi) is 5.78. The second-order valence-electron chi connectivity index (χ2n) is 4.65. The summed E-state index contributed by atoms with van der Waals surface area (Å²) in [4.78, 5) is 15.4. The van der Waals surface area contributed by atoms with Crippen molar-refractivity contribution in [3.8, 4) is 5.75 Å². The van der Waals surface area contributed by atoms with Crippen LogP contribution in [0.25, 0.3) is 0 Å². The number of carbonyl (C=O) groups excluding carboxylic acids is 1. The first-order valence-corrected chi connectivity index (χ1v) is 7.79. The fourth-order valence-corrected chi connectivity index (χ4v) is 2.72. The molecule has 112 valence electrons. The van der Waals surface area contributed by atoms with Crippen LogP contribution in [0.2, 0.25) is 0 Å². The van der Waals surface area contributed by atoms with E-state index in [0.29, 0.717) is 25.9 Å². The quantitative estimate of drug-likeness (QED) is 0.855. The highest BCUT2D eigenvalue weighted by molar-refractivity contribution is 7.09. The molecule has 2 N–H and O–H groups in total. The Bertz CT molecular complexity index is 552. The van der Waals surface area contributed by atoms with Crippen LogP contribution >= 0.6 is 11.3 Å². The number of methoxy groups -OCH3 is 1. The highest BCUT2D eigenvalue weighted by atomic mass is 32.1. The van der Waals surface area contributed by atoms with E-state index in [1.54, 1.807) is 23.3 Å². The molecule has 1 amide bonds. The van der Waals surface area contributed by atoms with Crippen LogP contribution in [0.15, 0.2) is 41.8 Å². The van der Waals surface area contributed by atoms with E-state index in [9.17, 15) is 4.79 Å². The van der Waals surface area contributed by atoms with Gasteiger partial charge in [-0.2, -0.15) is 0 Å². The maximum Gasteiger partial charge on any atom is 0.227 e. The average Bonchev–Trinajstić information content (AvgIpc) is 3.03. The second-order valence-corrected chi connectivity index (χ2v) is 5.68. The fraction of sp³-hybridized carbons (Fsp3) is 0.312. The first-order chi connectivity index (χ1) is 10.2. The van der Waals surface area contributed by atoms with Crippen LogP contribution in [0.5, 0.6) is 5.75 Å². The molecule has 0 saturated carbocycles. The molecule has 5 heteroatoms. The van der Waals surface area contributed by atoms with Crippen molar-refractivity contribution in [3.63, 3.8) is 0 Å². The van der Waals surface area contributed by atoms with E-state index in [1.807, 2.05) is 41.8 Å². The number of hydrogen-bond donors (Lipinski definition) is 1. The number of carbonyl (C=O) groups is 1. The standard InChI is InChI=1S/C16H20N2O2S/c1-20-14-8-6-13(7-9-14)18(16(19)5-2-10-17)12-15-4-3-11-21-15/h3-4,6-9,11H,2,5,10,12,17H2,1H3. The zero-order chi connectivity index (χ0) is 15.1. The topological polar surface area (TPSA) is 55.6 Å². The van der Waals surface area contributed by atoms with Gasteiger partial charge in [0, 0.05) is 17.0 Å². The summed E-state index contributed by atoms with van der Waals surface area (Å²) in [5.74, 6) is 0.878. The van der Waals surface area contributed by atoms with E-state index in [1.165, 1.54) is 0 Å². The van der Waals surface area contributed by atoms with Crippen LogP contribution in [-0.4, -0.2) is 19.6 Å². The third kappa shape index (κ3) is 4.31. The molecule has 21 heavy (non-hydrogen) atoms. The summed E-state index contributed by atoms with van der Waals surface area (Å²) in [5, 5.41) is 2.02. The summed E-state index contributed by atoms with van der Waals surface area (Å²) in [5.41, 5.74) is 6.39. The fourth-order valence-electron chi connectivity index (χ4n) is 2.03. The molecule has 0 unspecified atom stereocenters. The van der Waals surface area contributed by atoms with Crippen molar-refractivity contribution in [3.05, 3.63) is 46.7 Å². The van der Waals surface area contributed by atoms with E-state index in [2.05, 4.69) is 0 Å². The number of thiophene rings is 1. The molecule has 0 spiro atoms. The molecule has 0 radical (unpaired) electrons. The third-order valence-electron chi connectivity index (χ3n) is 3.17. The van der Waals surface area contributed by atoms with Gasteiger partial charge in [-0.25, -0.2) is 0 Å². The summed E-state index contributed by atoms with van der Waals surface area (Å²) < 4.78 is 5.16. The monoisotopic (exact) mass is 304 g/mol. The summed E-state index contributed by atoms with van der Waals surface area (Å²) in [7, 11) is 1.63. The van der Waals surface area contributed by atoms with Crippen LogP contribution in [-0.2, 0) is 11.3 Å². The van der Waals surface area contributed by atoms with Gasteiger partial charge in [0.05, 0.1) is 13.7 Å². The number of nitrogens with two attached hydrogens (primary N) is 1. The van der Waals surface area contributed by atoms with Gasteiger partial charge in [0.1, 0.15) is 5.75 Å². The second kappa shape index (κ2) is 7.81. The first kappa shape index (κ1) is 15.5. The highest BCUT2D eigenvalue weighted by Crippen LogP contribution is 2.23. The van der Waals surface area contributed by atoms with Crippen LogP contribution in [0.1, 0.15) is 17.7 Å². The Hall–Kier alpha value is -1.85. The van der Waals surface area contributed by atoms with Crippen molar-refractivity contribution < 1.29 is 9.53 Å². The third-order valence-corrected chi connectivity index (χ3v) is 4.04. The molecule has 0 fully saturated rings. The number of benzene rings is 1. The predicted octanol–water partition coefficient (Wildman–Crippen LogP) is 3.03. The van der Waals surface area contributed by atoms with E-state index < -0.39 is 0 Å². The minimum atomic E-state index is 0.0963. The largest absolute Gasteiger partial charge is 0.497 e. The van der Waals surface area contributed by atoms with Gasteiger partial charge in [-0.3, -0.25) is 4.79 Å². The van der Waals surface area contributed by atoms with Gasteiger partial charge < -0.3 is 15.4 Å². The van der Waals surface area contributed by atoms with Crippen LogP contribution in [0.3, 0.4) is 0 Å². The Morgan fingerprint density at radius 3 is 2.62 bits per heavy atom. The Morgan fingerprint density at radius 1 is 1.29 bits per heavy atom. The van der Waals surface area contributed by atoms with Crippen LogP contribution < -0.4 is 15.4 Å². The van der Waals surface area contributed by atoms with Crippen molar-refractivity contribution >= 4 is 22.9 Å². The Labute approximate surface area is 129 Å². The summed E-state index contributed by atoms with van der Waals surface area (Å²) in [6.45, 7) is 1.12. The van der Waals surface area contributed by atoms with Gasteiger partial charge >= 0.3 is 0 Å². The Balaban J connectivity index is 2.18. The van der Waals surface area contributed by atoms with Crippen molar-refractivity contribution in [1.82, 2.24) is 0 Å². The number of amides is 1. The maximum absolute atomic E-state index is 12.4. The molecule has 2 aromatic rings. The summed E-state index contributed by atoms with van der Waals surface area (Å²) >= 11 is 1.65. The van der Waals surface area contributed by atoms with E-state index in [0.717, 1.165) is 16.3 Å². The molecule has 0 saturated heterocycles. The highest BCUT2D eigenvalue weighted by Gasteiger charge is 2.16. The van der Waals surface area contributed by atoms with Gasteiger partial charge in [-0.1, -0.05) is 6.07 Å². The molecule has 4 nitrogen and oxygen atoms in total. The SMILES string of the molecule is COc1ccc(N(Cc2cccs2)C(=O)CCCN)cc1. The molecule has 0 aliphatic heterocycles. The van der Waals surface area contributed by atoms with Gasteiger partial charge in [0.2, 0.25) is 5.91 Å². The molecule has 1 heterocycles. The molecular weight excluding hydrogens is 284 g/mol. The molecule has 0 aliphatic carbocycles.